The van der Waals surface area contributed by atoms with Crippen molar-refractivity contribution >= 4 is 17.5 Å². The molecule has 2 amide bonds. The Kier molecular flexibility index (Phi) is 7.37. The number of carbonyl (C=O) groups is 2. The number of hydrogen-bond acceptors (Lipinski definition) is 4. The maximum absolute atomic E-state index is 12.8. The van der Waals surface area contributed by atoms with Crippen LogP contribution < -0.4 is 10.1 Å². The van der Waals surface area contributed by atoms with Gasteiger partial charge in [0.2, 0.25) is 0 Å². The third-order valence-electron chi connectivity index (χ3n) is 5.78. The fraction of sp³-hybridized carbons (Fsp3) is 0.259. The smallest absolute Gasteiger partial charge is 0.255 e. The molecule has 0 aromatic heterocycles. The van der Waals surface area contributed by atoms with Crippen molar-refractivity contribution in [3.8, 4) is 5.75 Å². The molecule has 6 heteroatoms. The van der Waals surface area contributed by atoms with Gasteiger partial charge in [0.25, 0.3) is 11.8 Å². The lowest BCUT2D eigenvalue weighted by Gasteiger charge is -2.32. The largest absolute Gasteiger partial charge is 0.493 e. The molecule has 1 aliphatic rings. The van der Waals surface area contributed by atoms with Crippen molar-refractivity contribution in [1.29, 1.82) is 0 Å². The Labute approximate surface area is 194 Å². The Morgan fingerprint density at radius 1 is 0.848 bits per heavy atom. The number of hydrogen-bond donors (Lipinski definition) is 1. The number of anilines is 1. The quantitative estimate of drug-likeness (QED) is 0.601. The fourth-order valence-corrected chi connectivity index (χ4v) is 3.76. The van der Waals surface area contributed by atoms with E-state index in [4.69, 9.17) is 4.74 Å². The van der Waals surface area contributed by atoms with Gasteiger partial charge in [0.05, 0.1) is 6.61 Å². The van der Waals surface area contributed by atoms with E-state index in [0.29, 0.717) is 36.5 Å². The summed E-state index contributed by atoms with van der Waals surface area (Å²) in [5, 5.41) is 2.89. The van der Waals surface area contributed by atoms with E-state index in [1.54, 1.807) is 48.5 Å². The third-order valence-corrected chi connectivity index (χ3v) is 5.78. The average molecular weight is 444 g/mol. The van der Waals surface area contributed by atoms with Gasteiger partial charge in [-0.2, -0.15) is 0 Å². The zero-order chi connectivity index (χ0) is 23.0. The van der Waals surface area contributed by atoms with Crippen LogP contribution in [0.2, 0.25) is 0 Å². The molecule has 3 aromatic rings. The molecule has 33 heavy (non-hydrogen) atoms. The molecule has 1 fully saturated rings. The van der Waals surface area contributed by atoms with Crippen LogP contribution in [0.15, 0.2) is 78.9 Å². The SMILES string of the molecule is CN1CCN(C(=O)c2cccc(NC(=O)c3ccc(OCCc4ccccc4)cc3)c2)CC1. The number of ether oxygens (including phenoxy) is 1. The van der Waals surface area contributed by atoms with Gasteiger partial charge in [-0.05, 0) is 55.1 Å². The second-order valence-corrected chi connectivity index (χ2v) is 8.24. The maximum Gasteiger partial charge on any atom is 0.255 e. The van der Waals surface area contributed by atoms with E-state index < -0.39 is 0 Å². The highest BCUT2D eigenvalue weighted by molar-refractivity contribution is 6.05. The van der Waals surface area contributed by atoms with Crippen molar-refractivity contribution in [3.63, 3.8) is 0 Å². The van der Waals surface area contributed by atoms with Gasteiger partial charge in [0, 0.05) is 49.4 Å². The van der Waals surface area contributed by atoms with Gasteiger partial charge in [0.1, 0.15) is 5.75 Å². The van der Waals surface area contributed by atoms with E-state index in [1.165, 1.54) is 5.56 Å². The van der Waals surface area contributed by atoms with E-state index in [2.05, 4.69) is 29.4 Å². The molecular formula is C27H29N3O3. The number of nitrogens with one attached hydrogen (secondary N) is 1. The van der Waals surface area contributed by atoms with Gasteiger partial charge in [-0.15, -0.1) is 0 Å². The van der Waals surface area contributed by atoms with E-state index >= 15 is 0 Å². The topological polar surface area (TPSA) is 61.9 Å². The van der Waals surface area contributed by atoms with Crippen molar-refractivity contribution in [2.75, 3.05) is 45.2 Å². The Morgan fingerprint density at radius 3 is 2.30 bits per heavy atom. The second kappa shape index (κ2) is 10.8. The number of nitrogens with zero attached hydrogens (tertiary/aromatic N) is 2. The molecule has 0 bridgehead atoms. The molecule has 0 spiro atoms. The summed E-state index contributed by atoms with van der Waals surface area (Å²) in [4.78, 5) is 29.6. The first kappa shape index (κ1) is 22.6. The normalized spacial score (nSPS) is 14.0. The van der Waals surface area contributed by atoms with Gasteiger partial charge in [0.15, 0.2) is 0 Å². The molecule has 6 nitrogen and oxygen atoms in total. The van der Waals surface area contributed by atoms with E-state index in [9.17, 15) is 9.59 Å². The zero-order valence-electron chi connectivity index (χ0n) is 18.9. The molecule has 1 aliphatic heterocycles. The van der Waals surface area contributed by atoms with Crippen LogP contribution in [-0.4, -0.2) is 61.4 Å². The maximum atomic E-state index is 12.8. The van der Waals surface area contributed by atoms with Gasteiger partial charge in [-0.1, -0.05) is 36.4 Å². The third kappa shape index (κ3) is 6.20. The van der Waals surface area contributed by atoms with E-state index in [1.807, 2.05) is 23.1 Å². The molecule has 1 saturated heterocycles. The first-order chi connectivity index (χ1) is 16.1. The van der Waals surface area contributed by atoms with Gasteiger partial charge in [-0.25, -0.2) is 0 Å². The molecule has 170 valence electrons. The summed E-state index contributed by atoms with van der Waals surface area (Å²) in [5.41, 5.74) is 2.94. The summed E-state index contributed by atoms with van der Waals surface area (Å²) in [7, 11) is 2.06. The first-order valence-electron chi connectivity index (χ1n) is 11.2. The van der Waals surface area contributed by atoms with E-state index in [0.717, 1.165) is 25.3 Å². The van der Waals surface area contributed by atoms with Crippen LogP contribution in [-0.2, 0) is 6.42 Å². The lowest BCUT2D eigenvalue weighted by atomic mass is 10.1. The van der Waals surface area contributed by atoms with Crippen molar-refractivity contribution < 1.29 is 14.3 Å². The highest BCUT2D eigenvalue weighted by Crippen LogP contribution is 2.17. The van der Waals surface area contributed by atoms with Crippen molar-refractivity contribution in [3.05, 3.63) is 95.6 Å². The standard InChI is InChI=1S/C27H29N3O3/c1-29-15-17-30(18-16-29)27(32)23-8-5-9-24(20-23)28-26(31)22-10-12-25(13-11-22)33-19-14-21-6-3-2-4-7-21/h2-13,20H,14-19H2,1H3,(H,28,31). The van der Waals surface area contributed by atoms with Crippen molar-refractivity contribution in [2.45, 2.75) is 6.42 Å². The van der Waals surface area contributed by atoms with E-state index in [-0.39, 0.29) is 11.8 Å². The summed E-state index contributed by atoms with van der Waals surface area (Å²) >= 11 is 0. The Hall–Kier alpha value is -3.64. The zero-order valence-corrected chi connectivity index (χ0v) is 18.9. The molecule has 1 N–H and O–H groups in total. The van der Waals surface area contributed by atoms with Crippen LogP contribution in [0.1, 0.15) is 26.3 Å². The summed E-state index contributed by atoms with van der Waals surface area (Å²) in [5.74, 6) is 0.494. The molecule has 1 heterocycles. The van der Waals surface area contributed by atoms with Crippen LogP contribution in [0, 0.1) is 0 Å². The van der Waals surface area contributed by atoms with Gasteiger partial charge in [-0.3, -0.25) is 9.59 Å². The van der Waals surface area contributed by atoms with Gasteiger partial charge < -0.3 is 19.9 Å². The Bertz CT molecular complexity index is 1080. The molecule has 0 saturated carbocycles. The summed E-state index contributed by atoms with van der Waals surface area (Å²) in [6.07, 6.45) is 0.826. The molecule has 0 unspecified atom stereocenters. The van der Waals surface area contributed by atoms with Crippen LogP contribution in [0.5, 0.6) is 5.75 Å². The molecule has 0 atom stereocenters. The second-order valence-electron chi connectivity index (χ2n) is 8.24. The van der Waals surface area contributed by atoms with Crippen LogP contribution in [0.25, 0.3) is 0 Å². The fourth-order valence-electron chi connectivity index (χ4n) is 3.76. The highest BCUT2D eigenvalue weighted by Gasteiger charge is 2.20. The first-order valence-corrected chi connectivity index (χ1v) is 11.2. The summed E-state index contributed by atoms with van der Waals surface area (Å²) in [6.45, 7) is 3.74. The summed E-state index contributed by atoms with van der Waals surface area (Å²) in [6, 6.07) is 24.4. The van der Waals surface area contributed by atoms with Crippen molar-refractivity contribution in [2.24, 2.45) is 0 Å². The van der Waals surface area contributed by atoms with Crippen LogP contribution >= 0.6 is 0 Å². The number of likely N-dealkylation sites (N-methyl/N-ethyl adjacent to an activating group) is 1. The number of benzene rings is 3. The average Bonchev–Trinajstić information content (AvgIpc) is 2.85. The van der Waals surface area contributed by atoms with Gasteiger partial charge >= 0.3 is 0 Å². The predicted octanol–water partition coefficient (Wildman–Crippen LogP) is 3.95. The number of rotatable bonds is 7. The summed E-state index contributed by atoms with van der Waals surface area (Å²) < 4.78 is 5.79. The van der Waals surface area contributed by atoms with Crippen molar-refractivity contribution in [1.82, 2.24) is 9.80 Å². The predicted molar refractivity (Wildman–Crippen MR) is 130 cm³/mol. The Morgan fingerprint density at radius 2 is 1.58 bits per heavy atom. The monoisotopic (exact) mass is 443 g/mol. The molecule has 3 aromatic carbocycles. The molecule has 0 radical (unpaired) electrons. The highest BCUT2D eigenvalue weighted by atomic mass is 16.5. The number of piperazine rings is 1. The number of carbonyl (C=O) groups excluding carboxylic acids is 2. The van der Waals surface area contributed by atoms with Crippen LogP contribution in [0.4, 0.5) is 5.69 Å². The minimum atomic E-state index is -0.227. The Balaban J connectivity index is 1.31. The molecule has 4 rings (SSSR count). The molecular weight excluding hydrogens is 414 g/mol. The minimum Gasteiger partial charge on any atom is -0.493 e. The molecule has 0 aliphatic carbocycles. The lowest BCUT2D eigenvalue weighted by Crippen LogP contribution is -2.47. The minimum absolute atomic E-state index is 0.00352. The van der Waals surface area contributed by atoms with Crippen LogP contribution in [0.3, 0.4) is 0 Å². The number of amides is 2. The lowest BCUT2D eigenvalue weighted by molar-refractivity contribution is 0.0664.